The predicted octanol–water partition coefficient (Wildman–Crippen LogP) is 0.441. The van der Waals surface area contributed by atoms with Gasteiger partial charge in [0.1, 0.15) is 0 Å². The summed E-state index contributed by atoms with van der Waals surface area (Å²) in [6.45, 7) is 0.423. The second-order valence-corrected chi connectivity index (χ2v) is 4.29. The van der Waals surface area contributed by atoms with E-state index in [9.17, 15) is 9.59 Å². The van der Waals surface area contributed by atoms with Gasteiger partial charge < -0.3 is 22.1 Å². The summed E-state index contributed by atoms with van der Waals surface area (Å²) in [5, 5.41) is 5.83. The van der Waals surface area contributed by atoms with Crippen LogP contribution in [0.5, 0.6) is 0 Å². The van der Waals surface area contributed by atoms with Crippen molar-refractivity contribution in [3.63, 3.8) is 0 Å². The third-order valence-corrected chi connectivity index (χ3v) is 2.86. The van der Waals surface area contributed by atoms with E-state index in [-0.39, 0.29) is 18.2 Å². The van der Waals surface area contributed by atoms with E-state index in [0.717, 1.165) is 11.3 Å². The first-order chi connectivity index (χ1) is 8.56. The van der Waals surface area contributed by atoms with Gasteiger partial charge in [-0.3, -0.25) is 9.59 Å². The van der Waals surface area contributed by atoms with E-state index in [2.05, 4.69) is 10.6 Å². The zero-order valence-electron chi connectivity index (χ0n) is 9.95. The highest BCUT2D eigenvalue weighted by Crippen LogP contribution is 2.30. The minimum Gasteiger partial charge on any atom is -0.397 e. The molecule has 0 fully saturated rings. The lowest BCUT2D eigenvalue weighted by Gasteiger charge is -2.19. The van der Waals surface area contributed by atoms with Crippen LogP contribution >= 0.6 is 0 Å². The number of aryl methyl sites for hydroxylation is 1. The molecule has 0 saturated heterocycles. The number of amides is 2. The zero-order chi connectivity index (χ0) is 13.1. The fourth-order valence-electron chi connectivity index (χ4n) is 1.92. The third-order valence-electron chi connectivity index (χ3n) is 2.86. The highest BCUT2D eigenvalue weighted by Gasteiger charge is 2.16. The summed E-state index contributed by atoms with van der Waals surface area (Å²) in [6.07, 6.45) is 1.43. The number of nitrogens with one attached hydrogen (secondary N) is 2. The smallest absolute Gasteiger partial charge is 0.224 e. The number of benzene rings is 1. The van der Waals surface area contributed by atoms with Crippen LogP contribution in [0.25, 0.3) is 0 Å². The summed E-state index contributed by atoms with van der Waals surface area (Å²) in [7, 11) is 0. The summed E-state index contributed by atoms with van der Waals surface area (Å²) < 4.78 is 0. The molecule has 0 aromatic heterocycles. The van der Waals surface area contributed by atoms with Gasteiger partial charge in [-0.2, -0.15) is 0 Å². The van der Waals surface area contributed by atoms with E-state index >= 15 is 0 Å². The molecule has 0 aliphatic carbocycles. The quantitative estimate of drug-likeness (QED) is 0.579. The molecular weight excluding hydrogens is 232 g/mol. The number of nitrogens with two attached hydrogens (primary N) is 2. The summed E-state index contributed by atoms with van der Waals surface area (Å²) in [5.74, 6) is -0.359. The largest absolute Gasteiger partial charge is 0.397 e. The first-order valence-electron chi connectivity index (χ1n) is 5.80. The van der Waals surface area contributed by atoms with Crippen LogP contribution in [0.15, 0.2) is 12.1 Å². The highest BCUT2D eigenvalue weighted by molar-refractivity contribution is 5.95. The Morgan fingerprint density at radius 1 is 1.39 bits per heavy atom. The second kappa shape index (κ2) is 4.95. The van der Waals surface area contributed by atoms with Gasteiger partial charge in [0, 0.05) is 25.1 Å². The normalized spacial score (nSPS) is 13.7. The molecule has 1 aliphatic heterocycles. The molecule has 6 N–H and O–H groups in total. The molecule has 1 aliphatic rings. The van der Waals surface area contributed by atoms with E-state index in [1.807, 2.05) is 6.07 Å². The average molecular weight is 248 g/mol. The molecular formula is C12H16N4O2. The van der Waals surface area contributed by atoms with Crippen molar-refractivity contribution in [2.75, 3.05) is 22.9 Å². The molecule has 1 heterocycles. The summed E-state index contributed by atoms with van der Waals surface area (Å²) in [4.78, 5) is 21.9. The summed E-state index contributed by atoms with van der Waals surface area (Å²) in [6, 6.07) is 3.64. The minimum atomic E-state index is -0.368. The lowest BCUT2D eigenvalue weighted by molar-refractivity contribution is -0.118. The van der Waals surface area contributed by atoms with Gasteiger partial charge in [0.05, 0.1) is 11.4 Å². The maximum Gasteiger partial charge on any atom is 0.224 e. The second-order valence-electron chi connectivity index (χ2n) is 4.29. The molecule has 0 unspecified atom stereocenters. The summed E-state index contributed by atoms with van der Waals surface area (Å²) in [5.41, 5.74) is 14.1. The molecule has 0 spiro atoms. The van der Waals surface area contributed by atoms with Crippen molar-refractivity contribution in [2.45, 2.75) is 19.3 Å². The number of rotatable bonds is 4. The number of anilines is 3. The van der Waals surface area contributed by atoms with Crippen LogP contribution in [-0.4, -0.2) is 18.4 Å². The maximum absolute atomic E-state index is 11.3. The van der Waals surface area contributed by atoms with Gasteiger partial charge in [0.2, 0.25) is 11.8 Å². The van der Waals surface area contributed by atoms with Crippen molar-refractivity contribution in [2.24, 2.45) is 5.73 Å². The Balaban J connectivity index is 2.13. The number of carbonyl (C=O) groups is 2. The fourth-order valence-corrected chi connectivity index (χ4v) is 1.92. The third kappa shape index (κ3) is 2.71. The molecule has 18 heavy (non-hydrogen) atoms. The molecule has 2 rings (SSSR count). The topological polar surface area (TPSA) is 110 Å². The van der Waals surface area contributed by atoms with E-state index < -0.39 is 0 Å². The Hall–Kier alpha value is -2.24. The van der Waals surface area contributed by atoms with Gasteiger partial charge >= 0.3 is 0 Å². The lowest BCUT2D eigenvalue weighted by atomic mass is 10.0. The van der Waals surface area contributed by atoms with Crippen LogP contribution in [0, 0.1) is 0 Å². The fraction of sp³-hybridized carbons (Fsp3) is 0.333. The van der Waals surface area contributed by atoms with Gasteiger partial charge in [-0.1, -0.05) is 0 Å². The molecule has 0 radical (unpaired) electrons. The van der Waals surface area contributed by atoms with Gasteiger partial charge in [-0.25, -0.2) is 0 Å². The van der Waals surface area contributed by atoms with Crippen LogP contribution in [0.2, 0.25) is 0 Å². The zero-order valence-corrected chi connectivity index (χ0v) is 9.95. The van der Waals surface area contributed by atoms with Crippen LogP contribution in [0.4, 0.5) is 17.1 Å². The monoisotopic (exact) mass is 248 g/mol. The number of carbonyl (C=O) groups excluding carboxylic acids is 2. The van der Waals surface area contributed by atoms with Gasteiger partial charge in [0.15, 0.2) is 0 Å². The first-order valence-corrected chi connectivity index (χ1v) is 5.80. The van der Waals surface area contributed by atoms with Crippen molar-refractivity contribution in [3.05, 3.63) is 17.7 Å². The average Bonchev–Trinajstić information content (AvgIpc) is 2.30. The van der Waals surface area contributed by atoms with Crippen molar-refractivity contribution >= 4 is 28.9 Å². The number of nitrogen functional groups attached to an aromatic ring is 1. The first kappa shape index (κ1) is 12.2. The number of hydrogen-bond acceptors (Lipinski definition) is 4. The van der Waals surface area contributed by atoms with Crippen molar-refractivity contribution in [1.82, 2.24) is 0 Å². The van der Waals surface area contributed by atoms with Gasteiger partial charge in [0.25, 0.3) is 0 Å². The molecule has 1 aromatic rings. The van der Waals surface area contributed by atoms with Crippen molar-refractivity contribution < 1.29 is 9.59 Å². The number of hydrogen-bond donors (Lipinski definition) is 4. The molecule has 0 saturated carbocycles. The predicted molar refractivity (Wildman–Crippen MR) is 70.1 cm³/mol. The number of primary amides is 1. The molecule has 0 atom stereocenters. The summed E-state index contributed by atoms with van der Waals surface area (Å²) >= 11 is 0. The molecule has 1 aromatic carbocycles. The Morgan fingerprint density at radius 2 is 2.17 bits per heavy atom. The molecule has 6 heteroatoms. The van der Waals surface area contributed by atoms with Crippen LogP contribution in [0.1, 0.15) is 18.4 Å². The van der Waals surface area contributed by atoms with Gasteiger partial charge in [-0.15, -0.1) is 0 Å². The standard InChI is InChI=1S/C12H16N4O2/c13-8-5-7-1-2-12(18)16-9(7)6-10(8)15-4-3-11(14)17/h5-6,15H,1-4,13H2,(H2,14,17)(H,16,18). The van der Waals surface area contributed by atoms with Crippen molar-refractivity contribution in [1.29, 1.82) is 0 Å². The van der Waals surface area contributed by atoms with Crippen LogP contribution < -0.4 is 22.1 Å². The Morgan fingerprint density at radius 3 is 2.89 bits per heavy atom. The molecule has 6 nitrogen and oxygen atoms in total. The molecule has 0 bridgehead atoms. The number of fused-ring (bicyclic) bond motifs is 1. The van der Waals surface area contributed by atoms with Crippen LogP contribution in [0.3, 0.4) is 0 Å². The minimum absolute atomic E-state index is 0.00959. The van der Waals surface area contributed by atoms with Crippen LogP contribution in [-0.2, 0) is 16.0 Å². The molecule has 96 valence electrons. The van der Waals surface area contributed by atoms with Gasteiger partial charge in [-0.05, 0) is 24.1 Å². The van der Waals surface area contributed by atoms with E-state index in [1.165, 1.54) is 0 Å². The van der Waals surface area contributed by atoms with E-state index in [0.29, 0.717) is 30.8 Å². The Bertz CT molecular complexity index is 499. The highest BCUT2D eigenvalue weighted by atomic mass is 16.2. The lowest BCUT2D eigenvalue weighted by Crippen LogP contribution is -2.20. The van der Waals surface area contributed by atoms with E-state index in [4.69, 9.17) is 11.5 Å². The maximum atomic E-state index is 11.3. The Labute approximate surface area is 105 Å². The SMILES string of the molecule is NC(=O)CCNc1cc2c(cc1N)CCC(=O)N2. The van der Waals surface area contributed by atoms with E-state index in [1.54, 1.807) is 6.07 Å². The Kier molecular flexibility index (Phi) is 3.36. The molecule has 2 amide bonds. The van der Waals surface area contributed by atoms with Crippen molar-refractivity contribution in [3.8, 4) is 0 Å².